The smallest absolute Gasteiger partial charge is 0.233 e. The summed E-state index contributed by atoms with van der Waals surface area (Å²) in [4.78, 5) is 21.0. The molecule has 0 saturated heterocycles. The molecular formula is C14H17N3O2. The van der Waals surface area contributed by atoms with Crippen LogP contribution in [0.4, 0.5) is 5.95 Å². The van der Waals surface area contributed by atoms with Crippen LogP contribution in [-0.2, 0) is 22.6 Å². The third kappa shape index (κ3) is 1.75. The second-order valence-corrected chi connectivity index (χ2v) is 5.87. The minimum atomic E-state index is -0.0810. The van der Waals surface area contributed by atoms with Crippen molar-refractivity contribution >= 4 is 11.9 Å². The van der Waals surface area contributed by atoms with Gasteiger partial charge < -0.3 is 4.74 Å². The fraction of sp³-hybridized carbons (Fsp3) is 0.643. The van der Waals surface area contributed by atoms with Crippen molar-refractivity contribution < 1.29 is 9.53 Å². The number of nitrogens with zero attached hydrogens (tertiary/aromatic N) is 2. The van der Waals surface area contributed by atoms with Crippen molar-refractivity contribution in [1.82, 2.24) is 9.97 Å². The van der Waals surface area contributed by atoms with Gasteiger partial charge in [0.05, 0.1) is 24.3 Å². The number of carbonyl (C=O) groups excluding carboxylic acids is 1. The number of carbonyl (C=O) groups is 1. The van der Waals surface area contributed by atoms with E-state index in [1.807, 2.05) is 0 Å². The highest BCUT2D eigenvalue weighted by atomic mass is 16.5. The maximum atomic E-state index is 12.3. The molecule has 2 fully saturated rings. The zero-order chi connectivity index (χ0) is 12.9. The summed E-state index contributed by atoms with van der Waals surface area (Å²) < 4.78 is 5.35. The Kier molecular flexibility index (Phi) is 2.39. The highest BCUT2D eigenvalue weighted by molar-refractivity contribution is 5.96. The predicted octanol–water partition coefficient (Wildman–Crippen LogP) is 1.68. The summed E-state index contributed by atoms with van der Waals surface area (Å²) in [7, 11) is 0. The number of aromatic nitrogens is 2. The van der Waals surface area contributed by atoms with Gasteiger partial charge in [0.25, 0.3) is 0 Å². The number of hydrogen-bond donors (Lipinski definition) is 1. The largest absolute Gasteiger partial charge is 0.376 e. The Bertz CT molecular complexity index is 545. The lowest BCUT2D eigenvalue weighted by atomic mass is 10.0. The SMILES string of the molecule is O=C(Nc1ncc2c(n1)CCOC2)[C@@]12CCC[C@@H]1C2. The van der Waals surface area contributed by atoms with Gasteiger partial charge in [-0.3, -0.25) is 10.1 Å². The first kappa shape index (κ1) is 11.3. The van der Waals surface area contributed by atoms with Gasteiger partial charge in [-0.25, -0.2) is 9.97 Å². The van der Waals surface area contributed by atoms with Crippen molar-refractivity contribution in [2.24, 2.45) is 11.3 Å². The summed E-state index contributed by atoms with van der Waals surface area (Å²) >= 11 is 0. The third-order valence-electron chi connectivity index (χ3n) is 4.78. The highest BCUT2D eigenvalue weighted by Crippen LogP contribution is 2.63. The second-order valence-electron chi connectivity index (χ2n) is 5.87. The lowest BCUT2D eigenvalue weighted by Crippen LogP contribution is -2.26. The molecule has 2 heterocycles. The van der Waals surface area contributed by atoms with Crippen LogP contribution < -0.4 is 5.32 Å². The lowest BCUT2D eigenvalue weighted by Gasteiger charge is -2.16. The van der Waals surface area contributed by atoms with Gasteiger partial charge in [-0.15, -0.1) is 0 Å². The zero-order valence-corrected chi connectivity index (χ0v) is 10.8. The maximum absolute atomic E-state index is 12.3. The van der Waals surface area contributed by atoms with Crippen LogP contribution >= 0.6 is 0 Å². The molecule has 0 aromatic carbocycles. The molecule has 0 unspecified atom stereocenters. The molecule has 1 amide bonds. The van der Waals surface area contributed by atoms with Gasteiger partial charge in [0.15, 0.2) is 0 Å². The Balaban J connectivity index is 1.52. The molecule has 2 aliphatic carbocycles. The van der Waals surface area contributed by atoms with E-state index < -0.39 is 0 Å². The average molecular weight is 259 g/mol. The van der Waals surface area contributed by atoms with Crippen LogP contribution in [0.2, 0.25) is 0 Å². The van der Waals surface area contributed by atoms with Crippen molar-refractivity contribution in [3.05, 3.63) is 17.5 Å². The van der Waals surface area contributed by atoms with Crippen LogP contribution in [-0.4, -0.2) is 22.5 Å². The van der Waals surface area contributed by atoms with Crippen molar-refractivity contribution in [2.45, 2.75) is 38.7 Å². The molecule has 1 aromatic heterocycles. The van der Waals surface area contributed by atoms with Crippen LogP contribution in [0.5, 0.6) is 0 Å². The maximum Gasteiger partial charge on any atom is 0.233 e. The predicted molar refractivity (Wildman–Crippen MR) is 68.4 cm³/mol. The number of rotatable bonds is 2. The number of fused-ring (bicyclic) bond motifs is 2. The summed E-state index contributed by atoms with van der Waals surface area (Å²) in [6.07, 6.45) is 7.04. The van der Waals surface area contributed by atoms with Gasteiger partial charge >= 0.3 is 0 Å². The lowest BCUT2D eigenvalue weighted by molar-refractivity contribution is -0.121. The summed E-state index contributed by atoms with van der Waals surface area (Å²) in [6, 6.07) is 0. The topological polar surface area (TPSA) is 64.1 Å². The van der Waals surface area contributed by atoms with E-state index in [0.29, 0.717) is 25.1 Å². The fourth-order valence-electron chi connectivity index (χ4n) is 3.54. The first-order valence-electron chi connectivity index (χ1n) is 7.02. The molecule has 19 heavy (non-hydrogen) atoms. The van der Waals surface area contributed by atoms with Gasteiger partial charge in [-0.2, -0.15) is 0 Å². The molecule has 0 bridgehead atoms. The number of nitrogens with one attached hydrogen (secondary N) is 1. The molecule has 0 spiro atoms. The van der Waals surface area contributed by atoms with Gasteiger partial charge in [0.2, 0.25) is 11.9 Å². The standard InChI is InChI=1S/C14H17N3O2/c18-12(14-4-1-2-10(14)6-14)17-13-15-7-9-8-19-5-3-11(9)16-13/h7,10H,1-6,8H2,(H,15,16,17,18)/t10-,14-/m1/s1. The number of anilines is 1. The normalized spacial score (nSPS) is 31.5. The molecule has 5 heteroatoms. The minimum Gasteiger partial charge on any atom is -0.376 e. The summed E-state index contributed by atoms with van der Waals surface area (Å²) in [5.41, 5.74) is 1.96. The molecule has 1 N–H and O–H groups in total. The van der Waals surface area contributed by atoms with E-state index in [9.17, 15) is 4.79 Å². The Morgan fingerprint density at radius 1 is 1.53 bits per heavy atom. The first-order chi connectivity index (χ1) is 9.28. The minimum absolute atomic E-state index is 0.0810. The van der Waals surface area contributed by atoms with Crippen LogP contribution in [0, 0.1) is 11.3 Å². The molecule has 2 atom stereocenters. The molecule has 1 aliphatic heterocycles. The Morgan fingerprint density at radius 3 is 3.26 bits per heavy atom. The van der Waals surface area contributed by atoms with Gasteiger partial charge in [-0.05, 0) is 25.2 Å². The van der Waals surface area contributed by atoms with E-state index in [4.69, 9.17) is 4.74 Å². The van der Waals surface area contributed by atoms with Gasteiger partial charge in [0, 0.05) is 18.2 Å². The molecule has 5 nitrogen and oxygen atoms in total. The molecule has 4 rings (SSSR count). The summed E-state index contributed by atoms with van der Waals surface area (Å²) in [6.45, 7) is 1.28. The van der Waals surface area contributed by atoms with E-state index in [-0.39, 0.29) is 11.3 Å². The molecule has 2 saturated carbocycles. The first-order valence-corrected chi connectivity index (χ1v) is 7.02. The fourth-order valence-corrected chi connectivity index (χ4v) is 3.54. The molecule has 100 valence electrons. The van der Waals surface area contributed by atoms with E-state index in [1.165, 1.54) is 12.8 Å². The number of ether oxygens (including phenoxy) is 1. The van der Waals surface area contributed by atoms with Gasteiger partial charge in [0.1, 0.15) is 0 Å². The average Bonchev–Trinajstić information content (AvgIpc) is 3.01. The summed E-state index contributed by atoms with van der Waals surface area (Å²) in [5.74, 6) is 1.19. The van der Waals surface area contributed by atoms with Crippen molar-refractivity contribution in [2.75, 3.05) is 11.9 Å². The molecule has 0 radical (unpaired) electrons. The Labute approximate surface area is 111 Å². The molecule has 1 aromatic rings. The van der Waals surface area contributed by atoms with E-state index in [2.05, 4.69) is 15.3 Å². The molecule has 3 aliphatic rings. The zero-order valence-electron chi connectivity index (χ0n) is 10.8. The van der Waals surface area contributed by atoms with Crippen molar-refractivity contribution in [3.8, 4) is 0 Å². The quantitative estimate of drug-likeness (QED) is 0.877. The molecular weight excluding hydrogens is 242 g/mol. The Morgan fingerprint density at radius 2 is 2.47 bits per heavy atom. The van der Waals surface area contributed by atoms with E-state index in [0.717, 1.165) is 30.5 Å². The monoisotopic (exact) mass is 259 g/mol. The highest BCUT2D eigenvalue weighted by Gasteiger charge is 2.62. The van der Waals surface area contributed by atoms with Crippen LogP contribution in [0.3, 0.4) is 0 Å². The van der Waals surface area contributed by atoms with Crippen LogP contribution in [0.15, 0.2) is 6.20 Å². The Hall–Kier alpha value is -1.49. The van der Waals surface area contributed by atoms with Gasteiger partial charge in [-0.1, -0.05) is 6.42 Å². The van der Waals surface area contributed by atoms with Crippen molar-refractivity contribution in [3.63, 3.8) is 0 Å². The number of hydrogen-bond acceptors (Lipinski definition) is 4. The van der Waals surface area contributed by atoms with Crippen LogP contribution in [0.25, 0.3) is 0 Å². The van der Waals surface area contributed by atoms with Crippen molar-refractivity contribution in [1.29, 1.82) is 0 Å². The van der Waals surface area contributed by atoms with Crippen LogP contribution in [0.1, 0.15) is 36.9 Å². The summed E-state index contributed by atoms with van der Waals surface area (Å²) in [5, 5.41) is 2.91. The second kappa shape index (κ2) is 4.00. The third-order valence-corrected chi connectivity index (χ3v) is 4.78. The van der Waals surface area contributed by atoms with E-state index in [1.54, 1.807) is 6.20 Å². The number of amides is 1. The van der Waals surface area contributed by atoms with E-state index >= 15 is 0 Å².